The maximum atomic E-state index is 5.34. The van der Waals surface area contributed by atoms with Crippen LogP contribution in [0.15, 0.2) is 23.2 Å². The predicted molar refractivity (Wildman–Crippen MR) is 81.1 cm³/mol. The van der Waals surface area contributed by atoms with Crippen molar-refractivity contribution in [2.24, 2.45) is 4.99 Å². The summed E-state index contributed by atoms with van der Waals surface area (Å²) in [6, 6.07) is 6.32. The van der Waals surface area contributed by atoms with Gasteiger partial charge in [-0.05, 0) is 30.5 Å². The van der Waals surface area contributed by atoms with Crippen LogP contribution < -0.4 is 4.74 Å². The molecule has 0 saturated carbocycles. The molecule has 0 aromatic heterocycles. The van der Waals surface area contributed by atoms with E-state index in [1.165, 1.54) is 5.56 Å². The van der Waals surface area contributed by atoms with Crippen molar-refractivity contribution in [1.82, 2.24) is 9.80 Å². The summed E-state index contributed by atoms with van der Waals surface area (Å²) < 4.78 is 5.34. The Morgan fingerprint density at radius 2 is 1.79 bits per heavy atom. The van der Waals surface area contributed by atoms with Crippen molar-refractivity contribution in [3.8, 4) is 5.75 Å². The van der Waals surface area contributed by atoms with Crippen molar-refractivity contribution in [3.63, 3.8) is 0 Å². The number of hydrogen-bond acceptors (Lipinski definition) is 2. The molecule has 0 N–H and O–H groups in total. The van der Waals surface area contributed by atoms with Crippen molar-refractivity contribution < 1.29 is 4.74 Å². The maximum Gasteiger partial charge on any atom is 0.195 e. The summed E-state index contributed by atoms with van der Waals surface area (Å²) in [7, 11) is 9.74. The molecule has 0 saturated heterocycles. The van der Waals surface area contributed by atoms with Gasteiger partial charge in [0.15, 0.2) is 5.96 Å². The van der Waals surface area contributed by atoms with Gasteiger partial charge in [0.25, 0.3) is 0 Å². The lowest BCUT2D eigenvalue weighted by Gasteiger charge is -2.22. The van der Waals surface area contributed by atoms with Gasteiger partial charge in [0.1, 0.15) is 5.75 Å². The predicted octanol–water partition coefficient (Wildman–Crippen LogP) is 2.03. The van der Waals surface area contributed by atoms with Crippen LogP contribution in [0.2, 0.25) is 0 Å². The molecule has 0 heterocycles. The van der Waals surface area contributed by atoms with Crippen molar-refractivity contribution in [1.29, 1.82) is 0 Å². The van der Waals surface area contributed by atoms with Gasteiger partial charge in [-0.25, -0.2) is 0 Å². The number of aryl methyl sites for hydroxylation is 1. The second-order valence-electron chi connectivity index (χ2n) is 5.02. The summed E-state index contributed by atoms with van der Waals surface area (Å²) >= 11 is 0. The number of benzene rings is 1. The zero-order valence-electron chi connectivity index (χ0n) is 12.9. The standard InChI is InChI=1S/C15H25N3O/c1-12-7-8-13(11-14(12)19-6)9-10-16-15(17(2)3)18(4)5/h7-8,11H,9-10H2,1-6H3. The molecule has 0 amide bonds. The van der Waals surface area contributed by atoms with Crippen molar-refractivity contribution in [3.05, 3.63) is 29.3 Å². The molecule has 0 bridgehead atoms. The van der Waals surface area contributed by atoms with Crippen molar-refractivity contribution in [2.45, 2.75) is 13.3 Å². The summed E-state index contributed by atoms with van der Waals surface area (Å²) in [5.74, 6) is 1.93. The average Bonchev–Trinajstić information content (AvgIpc) is 2.35. The number of guanidine groups is 1. The van der Waals surface area contributed by atoms with Gasteiger partial charge in [0.05, 0.1) is 7.11 Å². The van der Waals surface area contributed by atoms with Gasteiger partial charge < -0.3 is 14.5 Å². The Kier molecular flexibility index (Phi) is 5.67. The summed E-state index contributed by atoms with van der Waals surface area (Å²) in [6.07, 6.45) is 0.918. The fraction of sp³-hybridized carbons (Fsp3) is 0.533. The Bertz CT molecular complexity index is 429. The van der Waals surface area contributed by atoms with Crippen LogP contribution in [0, 0.1) is 6.92 Å². The molecule has 1 aromatic carbocycles. The smallest absolute Gasteiger partial charge is 0.195 e. The van der Waals surface area contributed by atoms with Crippen LogP contribution in [-0.2, 0) is 6.42 Å². The lowest BCUT2D eigenvalue weighted by Crippen LogP contribution is -2.35. The fourth-order valence-corrected chi connectivity index (χ4v) is 1.99. The van der Waals surface area contributed by atoms with E-state index in [-0.39, 0.29) is 0 Å². The van der Waals surface area contributed by atoms with Crippen LogP contribution in [-0.4, -0.2) is 57.6 Å². The first-order chi connectivity index (χ1) is 8.95. The highest BCUT2D eigenvalue weighted by Crippen LogP contribution is 2.19. The maximum absolute atomic E-state index is 5.34. The van der Waals surface area contributed by atoms with Gasteiger partial charge in [-0.1, -0.05) is 12.1 Å². The molecular formula is C15H25N3O. The van der Waals surface area contributed by atoms with Crippen LogP contribution in [0.5, 0.6) is 5.75 Å². The molecule has 4 heteroatoms. The molecule has 0 fully saturated rings. The molecular weight excluding hydrogens is 238 g/mol. The number of nitrogens with zero attached hydrogens (tertiary/aromatic N) is 3. The number of ether oxygens (including phenoxy) is 1. The summed E-state index contributed by atoms with van der Waals surface area (Å²) in [6.45, 7) is 2.83. The minimum Gasteiger partial charge on any atom is -0.496 e. The molecule has 19 heavy (non-hydrogen) atoms. The Morgan fingerprint density at radius 3 is 2.32 bits per heavy atom. The van der Waals surface area contributed by atoms with Crippen LogP contribution >= 0.6 is 0 Å². The second kappa shape index (κ2) is 7.02. The van der Waals surface area contributed by atoms with E-state index in [1.54, 1.807) is 7.11 Å². The monoisotopic (exact) mass is 263 g/mol. The molecule has 106 valence electrons. The summed E-state index contributed by atoms with van der Waals surface area (Å²) in [4.78, 5) is 8.67. The van der Waals surface area contributed by atoms with Gasteiger partial charge in [0.2, 0.25) is 0 Å². The molecule has 1 aromatic rings. The first-order valence-corrected chi connectivity index (χ1v) is 6.48. The highest BCUT2D eigenvalue weighted by molar-refractivity contribution is 5.79. The second-order valence-corrected chi connectivity index (χ2v) is 5.02. The highest BCUT2D eigenvalue weighted by atomic mass is 16.5. The third-order valence-electron chi connectivity index (χ3n) is 2.93. The van der Waals surface area contributed by atoms with Crippen LogP contribution in [0.1, 0.15) is 11.1 Å². The van der Waals surface area contributed by atoms with E-state index in [1.807, 2.05) is 38.0 Å². The number of aliphatic imine (C=N–C) groups is 1. The van der Waals surface area contributed by atoms with Gasteiger partial charge in [-0.2, -0.15) is 0 Å². The van der Waals surface area contributed by atoms with Crippen molar-refractivity contribution in [2.75, 3.05) is 41.8 Å². The molecule has 0 radical (unpaired) electrons. The Labute approximate surface area is 116 Å². The first kappa shape index (κ1) is 15.3. The van der Waals surface area contributed by atoms with E-state index < -0.39 is 0 Å². The Balaban J connectivity index is 2.69. The normalized spacial score (nSPS) is 10.0. The summed E-state index contributed by atoms with van der Waals surface area (Å²) in [5.41, 5.74) is 2.42. The van der Waals surface area contributed by atoms with Crippen LogP contribution in [0.25, 0.3) is 0 Å². The Hall–Kier alpha value is -1.71. The zero-order chi connectivity index (χ0) is 14.4. The first-order valence-electron chi connectivity index (χ1n) is 6.48. The average molecular weight is 263 g/mol. The van der Waals surface area contributed by atoms with E-state index >= 15 is 0 Å². The fourth-order valence-electron chi connectivity index (χ4n) is 1.99. The van der Waals surface area contributed by atoms with Gasteiger partial charge in [-0.3, -0.25) is 4.99 Å². The van der Waals surface area contributed by atoms with Crippen molar-refractivity contribution >= 4 is 5.96 Å². The number of methoxy groups -OCH3 is 1. The van der Waals surface area contributed by atoms with Crippen LogP contribution in [0.3, 0.4) is 0 Å². The largest absolute Gasteiger partial charge is 0.496 e. The quantitative estimate of drug-likeness (QED) is 0.614. The summed E-state index contributed by atoms with van der Waals surface area (Å²) in [5, 5.41) is 0. The molecule has 0 spiro atoms. The molecule has 0 aliphatic rings. The third kappa shape index (κ3) is 4.47. The highest BCUT2D eigenvalue weighted by Gasteiger charge is 2.04. The van der Waals surface area contributed by atoms with Gasteiger partial charge >= 0.3 is 0 Å². The molecule has 0 aliphatic carbocycles. The lowest BCUT2D eigenvalue weighted by atomic mass is 10.1. The molecule has 0 unspecified atom stereocenters. The SMILES string of the molecule is COc1cc(CCN=C(N(C)C)N(C)C)ccc1C. The van der Waals surface area contributed by atoms with E-state index in [0.29, 0.717) is 0 Å². The number of rotatable bonds is 4. The van der Waals surface area contributed by atoms with Crippen LogP contribution in [0.4, 0.5) is 0 Å². The minimum absolute atomic E-state index is 0.776. The molecule has 0 atom stereocenters. The third-order valence-corrected chi connectivity index (χ3v) is 2.93. The van der Waals surface area contributed by atoms with E-state index in [2.05, 4.69) is 30.1 Å². The van der Waals surface area contributed by atoms with E-state index in [9.17, 15) is 0 Å². The van der Waals surface area contributed by atoms with E-state index in [4.69, 9.17) is 4.74 Å². The zero-order valence-corrected chi connectivity index (χ0v) is 12.9. The molecule has 0 aliphatic heterocycles. The number of hydrogen-bond donors (Lipinski definition) is 0. The van der Waals surface area contributed by atoms with E-state index in [0.717, 1.165) is 30.2 Å². The minimum atomic E-state index is 0.776. The van der Waals surface area contributed by atoms with Gasteiger partial charge in [0, 0.05) is 34.7 Å². The topological polar surface area (TPSA) is 28.1 Å². The van der Waals surface area contributed by atoms with Gasteiger partial charge in [-0.15, -0.1) is 0 Å². The molecule has 4 nitrogen and oxygen atoms in total. The molecule has 1 rings (SSSR count). The lowest BCUT2D eigenvalue weighted by molar-refractivity contribution is 0.411. The Morgan fingerprint density at radius 1 is 1.16 bits per heavy atom.